The van der Waals surface area contributed by atoms with Gasteiger partial charge in [-0.3, -0.25) is 9.40 Å². The van der Waals surface area contributed by atoms with Crippen molar-refractivity contribution in [2.45, 2.75) is 218 Å². The number of aliphatic imine (C=N–C) groups is 1. The van der Waals surface area contributed by atoms with E-state index in [1.54, 1.807) is 12.7 Å². The van der Waals surface area contributed by atoms with Gasteiger partial charge >= 0.3 is 0 Å². The van der Waals surface area contributed by atoms with Gasteiger partial charge in [0.2, 0.25) is 0 Å². The van der Waals surface area contributed by atoms with Gasteiger partial charge in [0, 0.05) is 27.2 Å². The number of hydrogen-bond acceptors (Lipinski definition) is 9. The molecule has 0 spiro atoms. The van der Waals surface area contributed by atoms with Crippen molar-refractivity contribution in [1.29, 1.82) is 0 Å². The molecule has 0 aromatic carbocycles. The van der Waals surface area contributed by atoms with Crippen LogP contribution in [0.5, 0.6) is 0 Å². The zero-order valence-corrected chi connectivity index (χ0v) is 36.9. The number of unbranched alkanes of at least 4 members (excludes halogenated alkanes) is 26. The molecule has 0 aliphatic carbocycles. The third-order valence-corrected chi connectivity index (χ3v) is 12.0. The number of imidazole rings is 1. The summed E-state index contributed by atoms with van der Waals surface area (Å²) in [7, 11) is 3.82. The van der Waals surface area contributed by atoms with Gasteiger partial charge < -0.3 is 19.5 Å². The molecule has 2 fully saturated rings. The molecule has 2 aromatic rings. The van der Waals surface area contributed by atoms with Crippen molar-refractivity contribution < 1.29 is 19.4 Å². The summed E-state index contributed by atoms with van der Waals surface area (Å²) in [6.07, 6.45) is 40.7. The van der Waals surface area contributed by atoms with Crippen LogP contribution in [0.3, 0.4) is 0 Å². The SMILES string of the molecule is CCCCCCCCCCCCCCCCN(CCCCCCCCCCCCCCCC)OC[C@]12CO[C@@H](C1O)[C@H](n1cnc3c(/N=C\N(C)C)ncnc31)O2. The third-order valence-electron chi connectivity index (χ3n) is 12.0. The summed E-state index contributed by atoms with van der Waals surface area (Å²) >= 11 is 0. The Balaban J connectivity index is 1.19. The second-order valence-corrected chi connectivity index (χ2v) is 17.4. The van der Waals surface area contributed by atoms with Gasteiger partial charge in [-0.1, -0.05) is 181 Å². The topological polar surface area (TPSA) is 110 Å². The lowest BCUT2D eigenvalue weighted by atomic mass is 10.0. The molecule has 57 heavy (non-hydrogen) atoms. The van der Waals surface area contributed by atoms with Gasteiger partial charge in [-0.15, -0.1) is 0 Å². The summed E-state index contributed by atoms with van der Waals surface area (Å²) in [4.78, 5) is 26.3. The van der Waals surface area contributed by atoms with E-state index in [-0.39, 0.29) is 6.61 Å². The van der Waals surface area contributed by atoms with Crippen LogP contribution in [0.25, 0.3) is 11.2 Å². The van der Waals surface area contributed by atoms with Gasteiger partial charge in [0.05, 0.1) is 19.3 Å². The average molecular weight is 798 g/mol. The van der Waals surface area contributed by atoms with Crippen molar-refractivity contribution in [2.75, 3.05) is 40.4 Å². The Hall–Kier alpha value is -2.18. The first-order valence-electron chi connectivity index (χ1n) is 23.7. The molecule has 1 unspecified atom stereocenters. The van der Waals surface area contributed by atoms with Crippen LogP contribution in [0.15, 0.2) is 17.6 Å². The lowest BCUT2D eigenvalue weighted by Crippen LogP contribution is -2.47. The van der Waals surface area contributed by atoms with Gasteiger partial charge in [0.25, 0.3) is 0 Å². The van der Waals surface area contributed by atoms with Crippen LogP contribution in [0.4, 0.5) is 5.82 Å². The van der Waals surface area contributed by atoms with E-state index in [9.17, 15) is 5.11 Å². The average Bonchev–Trinajstić information content (AvgIpc) is 3.87. The number of fused-ring (bicyclic) bond motifs is 3. The van der Waals surface area contributed by atoms with E-state index < -0.39 is 24.0 Å². The number of aliphatic hydroxyl groups excluding tert-OH is 1. The summed E-state index contributed by atoms with van der Waals surface area (Å²) in [5, 5.41) is 13.7. The summed E-state index contributed by atoms with van der Waals surface area (Å²) in [5.74, 6) is 0.484. The number of rotatable bonds is 36. The highest BCUT2D eigenvalue weighted by Crippen LogP contribution is 2.46. The van der Waals surface area contributed by atoms with E-state index >= 15 is 0 Å². The van der Waals surface area contributed by atoms with Crippen LogP contribution in [0.2, 0.25) is 0 Å². The number of hydrogen-bond donors (Lipinski definition) is 1. The van der Waals surface area contributed by atoms with Crippen molar-refractivity contribution >= 4 is 23.3 Å². The quantitative estimate of drug-likeness (QED) is 0.0312. The smallest absolute Gasteiger partial charge is 0.184 e. The number of hydroxylamine groups is 2. The maximum absolute atomic E-state index is 11.5. The predicted molar refractivity (Wildman–Crippen MR) is 234 cm³/mol. The zero-order chi connectivity index (χ0) is 40.4. The highest BCUT2D eigenvalue weighted by atomic mass is 16.7. The molecule has 2 aromatic heterocycles. The monoisotopic (exact) mass is 798 g/mol. The fourth-order valence-corrected chi connectivity index (χ4v) is 8.44. The first-order valence-corrected chi connectivity index (χ1v) is 23.7. The van der Waals surface area contributed by atoms with E-state index in [2.05, 4.69) is 38.9 Å². The number of ether oxygens (including phenoxy) is 2. The van der Waals surface area contributed by atoms with E-state index in [0.29, 0.717) is 23.6 Å². The molecule has 4 heterocycles. The molecule has 326 valence electrons. The van der Waals surface area contributed by atoms with Crippen LogP contribution in [-0.2, 0) is 14.3 Å². The van der Waals surface area contributed by atoms with Gasteiger partial charge in [-0.25, -0.2) is 19.9 Å². The molecule has 11 heteroatoms. The van der Waals surface area contributed by atoms with Crippen LogP contribution < -0.4 is 0 Å². The molecule has 0 amide bonds. The Bertz CT molecular complexity index is 1310. The molecule has 2 saturated heterocycles. The van der Waals surface area contributed by atoms with Crippen molar-refractivity contribution in [3.63, 3.8) is 0 Å². The standard InChI is InChI=1S/C46H83N7O4/c1-5-7-9-11-13-15-17-19-21-23-25-27-29-31-33-52(34-32-30-28-26-24-22-20-18-16-14-12-10-8-6-2)56-36-46-35-55-41(42(46)54)45(57-46)53-39-49-40-43(50-38-51(3)4)47-37-48-44(40)53/h37-39,41-42,45,54H,5-36H2,1-4H3/b50-38-/t41-,42?,45+,46+/m0/s1. The van der Waals surface area contributed by atoms with Gasteiger partial charge in [0.15, 0.2) is 23.2 Å². The lowest BCUT2D eigenvalue weighted by molar-refractivity contribution is -0.244. The molecule has 0 saturated carbocycles. The minimum Gasteiger partial charge on any atom is -0.387 e. The molecule has 1 N–H and O–H groups in total. The second-order valence-electron chi connectivity index (χ2n) is 17.4. The summed E-state index contributed by atoms with van der Waals surface area (Å²) in [5.41, 5.74) is 0.223. The lowest BCUT2D eigenvalue weighted by Gasteiger charge is -2.33. The number of aliphatic hydroxyl groups is 1. The zero-order valence-electron chi connectivity index (χ0n) is 36.9. The van der Waals surface area contributed by atoms with E-state index in [0.717, 1.165) is 25.9 Å². The van der Waals surface area contributed by atoms with Crippen LogP contribution >= 0.6 is 0 Å². The van der Waals surface area contributed by atoms with E-state index in [1.807, 2.05) is 23.6 Å². The second kappa shape index (κ2) is 28.3. The normalized spacial score (nSPS) is 20.6. The summed E-state index contributed by atoms with van der Waals surface area (Å²) in [6.45, 7) is 6.92. The molecular weight excluding hydrogens is 715 g/mol. The molecule has 2 bridgehead atoms. The maximum Gasteiger partial charge on any atom is 0.184 e. The molecule has 4 rings (SSSR count). The Morgan fingerprint density at radius 3 is 1.67 bits per heavy atom. The maximum atomic E-state index is 11.5. The first-order chi connectivity index (χ1) is 28.0. The summed E-state index contributed by atoms with van der Waals surface area (Å²) < 4.78 is 14.6. The van der Waals surface area contributed by atoms with Gasteiger partial charge in [-0.2, -0.15) is 5.06 Å². The molecule has 11 nitrogen and oxygen atoms in total. The minimum absolute atomic E-state index is 0.248. The minimum atomic E-state index is -0.950. The van der Waals surface area contributed by atoms with Crippen molar-refractivity contribution in [3.8, 4) is 0 Å². The fourth-order valence-electron chi connectivity index (χ4n) is 8.44. The van der Waals surface area contributed by atoms with Crippen LogP contribution in [0, 0.1) is 0 Å². The Morgan fingerprint density at radius 1 is 0.719 bits per heavy atom. The van der Waals surface area contributed by atoms with E-state index in [1.165, 1.54) is 173 Å². The predicted octanol–water partition coefficient (Wildman–Crippen LogP) is 11.3. The van der Waals surface area contributed by atoms with Crippen molar-refractivity contribution in [3.05, 3.63) is 12.7 Å². The van der Waals surface area contributed by atoms with Crippen molar-refractivity contribution in [2.24, 2.45) is 4.99 Å². The highest BCUT2D eigenvalue weighted by Gasteiger charge is 2.62. The molecule has 2 aliphatic rings. The van der Waals surface area contributed by atoms with Crippen LogP contribution in [-0.4, -0.2) is 99.1 Å². The number of aromatic nitrogens is 4. The Labute approximate surface area is 347 Å². The molecule has 0 radical (unpaired) electrons. The highest BCUT2D eigenvalue weighted by molar-refractivity contribution is 5.82. The number of nitrogens with zero attached hydrogens (tertiary/aromatic N) is 7. The molecule has 4 atom stereocenters. The van der Waals surface area contributed by atoms with Crippen molar-refractivity contribution in [1.82, 2.24) is 29.5 Å². The van der Waals surface area contributed by atoms with Gasteiger partial charge in [0.1, 0.15) is 30.7 Å². The fraction of sp³-hybridized carbons (Fsp3) is 0.870. The largest absolute Gasteiger partial charge is 0.387 e. The Kier molecular flexibility index (Phi) is 23.6. The van der Waals surface area contributed by atoms with Gasteiger partial charge in [-0.05, 0) is 12.8 Å². The summed E-state index contributed by atoms with van der Waals surface area (Å²) in [6, 6.07) is 0. The van der Waals surface area contributed by atoms with E-state index in [4.69, 9.17) is 14.3 Å². The molecular formula is C46H83N7O4. The Morgan fingerprint density at radius 2 is 1.19 bits per heavy atom. The first kappa shape index (κ1) is 47.5. The third kappa shape index (κ3) is 16.8. The van der Waals surface area contributed by atoms with Crippen LogP contribution in [0.1, 0.15) is 200 Å². The molecule has 2 aliphatic heterocycles.